The third kappa shape index (κ3) is 3.21. The molecule has 0 N–H and O–H groups in total. The van der Waals surface area contributed by atoms with E-state index in [1.165, 1.54) is 18.4 Å². The van der Waals surface area contributed by atoms with Gasteiger partial charge in [0.2, 0.25) is 0 Å². The number of hydrogen-bond acceptors (Lipinski definition) is 2. The van der Waals surface area contributed by atoms with Crippen molar-refractivity contribution in [1.82, 2.24) is 14.7 Å². The van der Waals surface area contributed by atoms with E-state index >= 15 is 0 Å². The molecule has 1 saturated carbocycles. The molecule has 1 aromatic rings. The molecule has 0 amide bonds. The smallest absolute Gasteiger partial charge is 0.0522 e. The minimum atomic E-state index is 0.740. The predicted octanol–water partition coefficient (Wildman–Crippen LogP) is 1.67. The first-order valence-electron chi connectivity index (χ1n) is 5.57. The molecule has 3 nitrogen and oxygen atoms in total. The molecule has 0 aromatic carbocycles. The summed E-state index contributed by atoms with van der Waals surface area (Å²) in [6, 6.07) is 0.806. The highest BCUT2D eigenvalue weighted by Gasteiger charge is 2.27. The van der Waals surface area contributed by atoms with Gasteiger partial charge in [0.05, 0.1) is 6.20 Å². The van der Waals surface area contributed by atoms with E-state index in [9.17, 15) is 0 Å². The van der Waals surface area contributed by atoms with Crippen LogP contribution in [0, 0.1) is 0 Å². The SMILES string of the molecule is Cn1cc(CCN(CCCl)C2CC2)cn1. The first-order valence-corrected chi connectivity index (χ1v) is 6.10. The van der Waals surface area contributed by atoms with Crippen molar-refractivity contribution >= 4 is 11.6 Å². The number of rotatable bonds is 6. The maximum Gasteiger partial charge on any atom is 0.0522 e. The molecule has 84 valence electrons. The summed E-state index contributed by atoms with van der Waals surface area (Å²) in [5, 5.41) is 4.17. The van der Waals surface area contributed by atoms with Crippen LogP contribution in [-0.4, -0.2) is 39.7 Å². The number of hydrogen-bond donors (Lipinski definition) is 0. The Bertz CT molecular complexity index is 307. The first kappa shape index (κ1) is 11.0. The molecule has 0 atom stereocenters. The van der Waals surface area contributed by atoms with Crippen molar-refractivity contribution in [2.24, 2.45) is 7.05 Å². The number of nitrogens with zero attached hydrogens (tertiary/aromatic N) is 3. The van der Waals surface area contributed by atoms with Crippen LogP contribution in [0.3, 0.4) is 0 Å². The number of alkyl halides is 1. The highest BCUT2D eigenvalue weighted by atomic mass is 35.5. The fourth-order valence-electron chi connectivity index (χ4n) is 1.90. The van der Waals surface area contributed by atoms with Crippen LogP contribution < -0.4 is 0 Å². The molecule has 1 aromatic heterocycles. The maximum absolute atomic E-state index is 5.80. The van der Waals surface area contributed by atoms with E-state index in [1.807, 2.05) is 17.9 Å². The van der Waals surface area contributed by atoms with Crippen molar-refractivity contribution < 1.29 is 0 Å². The average Bonchev–Trinajstić information content (AvgIpc) is 2.97. The molecule has 0 saturated heterocycles. The van der Waals surface area contributed by atoms with Crippen LogP contribution >= 0.6 is 11.6 Å². The van der Waals surface area contributed by atoms with Crippen LogP contribution in [0.2, 0.25) is 0 Å². The van der Waals surface area contributed by atoms with Crippen LogP contribution in [0.15, 0.2) is 12.4 Å². The van der Waals surface area contributed by atoms with E-state index in [0.29, 0.717) is 0 Å². The largest absolute Gasteiger partial charge is 0.299 e. The number of aromatic nitrogens is 2. The summed E-state index contributed by atoms with van der Waals surface area (Å²) in [7, 11) is 1.96. The van der Waals surface area contributed by atoms with Crippen molar-refractivity contribution in [1.29, 1.82) is 0 Å². The van der Waals surface area contributed by atoms with Gasteiger partial charge in [0.25, 0.3) is 0 Å². The van der Waals surface area contributed by atoms with Gasteiger partial charge >= 0.3 is 0 Å². The minimum absolute atomic E-state index is 0.740. The second kappa shape index (κ2) is 4.99. The van der Waals surface area contributed by atoms with E-state index < -0.39 is 0 Å². The maximum atomic E-state index is 5.80. The van der Waals surface area contributed by atoms with E-state index in [1.54, 1.807) is 0 Å². The lowest BCUT2D eigenvalue weighted by atomic mass is 10.2. The van der Waals surface area contributed by atoms with E-state index in [4.69, 9.17) is 11.6 Å². The zero-order valence-corrected chi connectivity index (χ0v) is 9.95. The Morgan fingerprint density at radius 1 is 1.53 bits per heavy atom. The molecule has 0 unspecified atom stereocenters. The van der Waals surface area contributed by atoms with Crippen molar-refractivity contribution in [3.8, 4) is 0 Å². The molecule has 2 rings (SSSR count). The second-order valence-corrected chi connectivity index (χ2v) is 4.61. The highest BCUT2D eigenvalue weighted by Crippen LogP contribution is 2.26. The molecular weight excluding hydrogens is 210 g/mol. The van der Waals surface area contributed by atoms with Gasteiger partial charge in [0.1, 0.15) is 0 Å². The monoisotopic (exact) mass is 227 g/mol. The van der Waals surface area contributed by atoms with Gasteiger partial charge in [-0.05, 0) is 24.8 Å². The van der Waals surface area contributed by atoms with Gasteiger partial charge < -0.3 is 0 Å². The van der Waals surface area contributed by atoms with Crippen LogP contribution in [0.25, 0.3) is 0 Å². The highest BCUT2D eigenvalue weighted by molar-refractivity contribution is 6.18. The average molecular weight is 228 g/mol. The summed E-state index contributed by atoms with van der Waals surface area (Å²) in [5.74, 6) is 0.740. The molecule has 15 heavy (non-hydrogen) atoms. The summed E-state index contributed by atoms with van der Waals surface area (Å²) in [4.78, 5) is 2.50. The fraction of sp³-hybridized carbons (Fsp3) is 0.727. The second-order valence-electron chi connectivity index (χ2n) is 4.23. The van der Waals surface area contributed by atoms with Gasteiger partial charge in [-0.1, -0.05) is 0 Å². The molecular formula is C11H18ClN3. The summed E-state index contributed by atoms with van der Waals surface area (Å²) in [6.45, 7) is 2.13. The van der Waals surface area contributed by atoms with E-state index in [2.05, 4.69) is 16.2 Å². The summed E-state index contributed by atoms with van der Waals surface area (Å²) in [5.41, 5.74) is 1.32. The Kier molecular flexibility index (Phi) is 3.65. The van der Waals surface area contributed by atoms with Crippen LogP contribution in [0.4, 0.5) is 0 Å². The number of aryl methyl sites for hydroxylation is 1. The molecule has 0 spiro atoms. The number of halogens is 1. The van der Waals surface area contributed by atoms with Crippen molar-refractivity contribution in [3.05, 3.63) is 18.0 Å². The van der Waals surface area contributed by atoms with Crippen molar-refractivity contribution in [2.75, 3.05) is 19.0 Å². The van der Waals surface area contributed by atoms with Gasteiger partial charge in [-0.15, -0.1) is 11.6 Å². The Labute approximate surface area is 96.0 Å². The first-order chi connectivity index (χ1) is 7.29. The standard InChI is InChI=1S/C11H18ClN3/c1-14-9-10(8-13-14)4-6-15(7-5-12)11-2-3-11/h8-9,11H,2-7H2,1H3. The third-order valence-electron chi connectivity index (χ3n) is 2.88. The summed E-state index contributed by atoms with van der Waals surface area (Å²) >= 11 is 5.80. The van der Waals surface area contributed by atoms with Crippen molar-refractivity contribution in [2.45, 2.75) is 25.3 Å². The Morgan fingerprint density at radius 3 is 2.87 bits per heavy atom. The van der Waals surface area contributed by atoms with Gasteiger partial charge in [0, 0.05) is 38.3 Å². The van der Waals surface area contributed by atoms with Crippen molar-refractivity contribution in [3.63, 3.8) is 0 Å². The molecule has 1 fully saturated rings. The lowest BCUT2D eigenvalue weighted by molar-refractivity contribution is 0.283. The Morgan fingerprint density at radius 2 is 2.33 bits per heavy atom. The molecule has 1 heterocycles. The van der Waals surface area contributed by atoms with Crippen LogP contribution in [0.1, 0.15) is 18.4 Å². The van der Waals surface area contributed by atoms with E-state index in [0.717, 1.165) is 31.4 Å². The van der Waals surface area contributed by atoms with Crippen LogP contribution in [0.5, 0.6) is 0 Å². The van der Waals surface area contributed by atoms with Gasteiger partial charge in [-0.25, -0.2) is 0 Å². The molecule has 1 aliphatic carbocycles. The van der Waals surface area contributed by atoms with Crippen LogP contribution in [-0.2, 0) is 13.5 Å². The van der Waals surface area contributed by atoms with E-state index in [-0.39, 0.29) is 0 Å². The Balaban J connectivity index is 1.79. The molecule has 0 radical (unpaired) electrons. The fourth-order valence-corrected chi connectivity index (χ4v) is 2.12. The molecule has 0 bridgehead atoms. The predicted molar refractivity (Wildman–Crippen MR) is 62.2 cm³/mol. The minimum Gasteiger partial charge on any atom is -0.299 e. The van der Waals surface area contributed by atoms with Gasteiger partial charge in [0.15, 0.2) is 0 Å². The summed E-state index contributed by atoms with van der Waals surface area (Å²) < 4.78 is 1.86. The molecule has 0 aliphatic heterocycles. The lowest BCUT2D eigenvalue weighted by Gasteiger charge is -2.19. The topological polar surface area (TPSA) is 21.1 Å². The van der Waals surface area contributed by atoms with Gasteiger partial charge in [-0.2, -0.15) is 5.10 Å². The normalized spacial score (nSPS) is 16.2. The Hall–Kier alpha value is -0.540. The molecule has 4 heteroatoms. The van der Waals surface area contributed by atoms with Gasteiger partial charge in [-0.3, -0.25) is 9.58 Å². The lowest BCUT2D eigenvalue weighted by Crippen LogP contribution is -2.30. The third-order valence-corrected chi connectivity index (χ3v) is 3.05. The summed E-state index contributed by atoms with van der Waals surface area (Å²) in [6.07, 6.45) is 7.83. The molecule has 1 aliphatic rings. The zero-order valence-electron chi connectivity index (χ0n) is 9.19. The quantitative estimate of drug-likeness (QED) is 0.690. The zero-order chi connectivity index (χ0) is 10.7.